The Labute approximate surface area is 138 Å². The molecule has 2 saturated carbocycles. The van der Waals surface area contributed by atoms with Gasteiger partial charge in [0.05, 0.1) is 0 Å². The Morgan fingerprint density at radius 3 is 2.48 bits per heavy atom. The summed E-state index contributed by atoms with van der Waals surface area (Å²) >= 11 is 0. The third-order valence-corrected chi connectivity index (χ3v) is 6.04. The summed E-state index contributed by atoms with van der Waals surface area (Å²) < 4.78 is 2.28. The summed E-state index contributed by atoms with van der Waals surface area (Å²) in [6.45, 7) is 6.27. The molecule has 3 aliphatic rings. The lowest BCUT2D eigenvalue weighted by molar-refractivity contribution is -0.134. The summed E-state index contributed by atoms with van der Waals surface area (Å²) in [5.74, 6) is 2.74. The number of aromatic nitrogens is 3. The first-order valence-corrected chi connectivity index (χ1v) is 9.22. The normalized spacial score (nSPS) is 23.3. The van der Waals surface area contributed by atoms with Crippen molar-refractivity contribution in [1.82, 2.24) is 19.7 Å². The monoisotopic (exact) mass is 316 g/mol. The van der Waals surface area contributed by atoms with Crippen molar-refractivity contribution in [3.63, 3.8) is 0 Å². The Kier molecular flexibility index (Phi) is 3.69. The fraction of sp³-hybridized carbons (Fsp3) is 0.833. The van der Waals surface area contributed by atoms with Gasteiger partial charge in [-0.2, -0.15) is 0 Å². The number of carbonyl (C=O) groups is 1. The molecule has 23 heavy (non-hydrogen) atoms. The van der Waals surface area contributed by atoms with E-state index in [0.29, 0.717) is 24.3 Å². The van der Waals surface area contributed by atoms with Crippen molar-refractivity contribution in [2.45, 2.75) is 70.8 Å². The Morgan fingerprint density at radius 1 is 1.17 bits per heavy atom. The number of rotatable bonds is 5. The van der Waals surface area contributed by atoms with Crippen LogP contribution in [0.15, 0.2) is 6.33 Å². The maximum Gasteiger partial charge on any atom is 0.223 e. The Morgan fingerprint density at radius 2 is 1.87 bits per heavy atom. The van der Waals surface area contributed by atoms with Crippen LogP contribution in [0, 0.1) is 11.3 Å². The molecule has 1 aromatic heterocycles. The third-order valence-electron chi connectivity index (χ3n) is 6.04. The van der Waals surface area contributed by atoms with E-state index < -0.39 is 0 Å². The molecule has 2 heterocycles. The summed E-state index contributed by atoms with van der Waals surface area (Å²) in [5, 5.41) is 8.49. The molecule has 0 unspecified atom stereocenters. The van der Waals surface area contributed by atoms with Crippen LogP contribution in [0.25, 0.3) is 0 Å². The number of nitrogens with zero attached hydrogens (tertiary/aromatic N) is 4. The Balaban J connectivity index is 1.33. The molecule has 2 aliphatic carbocycles. The molecule has 0 spiro atoms. The second kappa shape index (κ2) is 5.60. The molecule has 0 aromatic carbocycles. The minimum atomic E-state index is 0.181. The smallest absolute Gasteiger partial charge is 0.223 e. The summed E-state index contributed by atoms with van der Waals surface area (Å²) in [7, 11) is 0. The van der Waals surface area contributed by atoms with E-state index in [-0.39, 0.29) is 5.41 Å². The van der Waals surface area contributed by atoms with E-state index in [1.807, 2.05) is 6.33 Å². The molecule has 1 saturated heterocycles. The van der Waals surface area contributed by atoms with Crippen LogP contribution in [-0.2, 0) is 4.79 Å². The van der Waals surface area contributed by atoms with Gasteiger partial charge in [-0.05, 0) is 49.9 Å². The van der Waals surface area contributed by atoms with Gasteiger partial charge in [0.2, 0.25) is 5.91 Å². The number of hydrogen-bond donors (Lipinski definition) is 0. The van der Waals surface area contributed by atoms with Gasteiger partial charge in [0.15, 0.2) is 0 Å². The molecule has 126 valence electrons. The zero-order valence-electron chi connectivity index (χ0n) is 14.4. The summed E-state index contributed by atoms with van der Waals surface area (Å²) in [5.41, 5.74) is 0.181. The zero-order chi connectivity index (χ0) is 16.0. The van der Waals surface area contributed by atoms with Crippen LogP contribution in [0.2, 0.25) is 0 Å². The first kappa shape index (κ1) is 15.2. The summed E-state index contributed by atoms with van der Waals surface area (Å²) in [6.07, 6.45) is 9.79. The Hall–Kier alpha value is -1.39. The molecule has 0 atom stereocenters. The summed E-state index contributed by atoms with van der Waals surface area (Å²) in [4.78, 5) is 14.7. The quantitative estimate of drug-likeness (QED) is 0.838. The molecule has 5 heteroatoms. The second-order valence-corrected chi connectivity index (χ2v) is 8.42. The lowest BCUT2D eigenvalue weighted by Crippen LogP contribution is -2.40. The van der Waals surface area contributed by atoms with Crippen LogP contribution >= 0.6 is 0 Å². The topological polar surface area (TPSA) is 51.0 Å². The highest BCUT2D eigenvalue weighted by Crippen LogP contribution is 2.47. The SMILES string of the molecule is CC(C)(CC(=O)N1CCC(c2nncn2C2CC2)CC1)C1CC1. The minimum Gasteiger partial charge on any atom is -0.343 e. The van der Waals surface area contributed by atoms with Crippen LogP contribution in [0.4, 0.5) is 0 Å². The zero-order valence-corrected chi connectivity index (χ0v) is 14.4. The Bertz CT molecular complexity index is 578. The summed E-state index contributed by atoms with van der Waals surface area (Å²) in [6, 6.07) is 0.638. The molecule has 0 N–H and O–H groups in total. The number of amides is 1. The van der Waals surface area contributed by atoms with E-state index in [1.165, 1.54) is 25.7 Å². The van der Waals surface area contributed by atoms with E-state index in [0.717, 1.165) is 37.7 Å². The number of likely N-dealkylation sites (tertiary alicyclic amines) is 1. The lowest BCUT2D eigenvalue weighted by atomic mass is 9.83. The first-order chi connectivity index (χ1) is 11.0. The van der Waals surface area contributed by atoms with Crippen molar-refractivity contribution in [1.29, 1.82) is 0 Å². The van der Waals surface area contributed by atoms with Crippen molar-refractivity contribution in [3.05, 3.63) is 12.2 Å². The lowest BCUT2D eigenvalue weighted by Gasteiger charge is -2.34. The van der Waals surface area contributed by atoms with Crippen molar-refractivity contribution >= 4 is 5.91 Å². The molecule has 3 fully saturated rings. The van der Waals surface area contributed by atoms with Crippen LogP contribution in [0.1, 0.15) is 76.6 Å². The number of piperidine rings is 1. The molecular weight excluding hydrogens is 288 g/mol. The fourth-order valence-corrected chi connectivity index (χ4v) is 4.08. The van der Waals surface area contributed by atoms with Gasteiger partial charge in [-0.3, -0.25) is 4.79 Å². The van der Waals surface area contributed by atoms with Gasteiger partial charge in [0.25, 0.3) is 0 Å². The van der Waals surface area contributed by atoms with Gasteiger partial charge < -0.3 is 9.47 Å². The second-order valence-electron chi connectivity index (χ2n) is 8.42. The highest BCUT2D eigenvalue weighted by molar-refractivity contribution is 5.77. The van der Waals surface area contributed by atoms with Crippen LogP contribution in [0.5, 0.6) is 0 Å². The minimum absolute atomic E-state index is 0.181. The van der Waals surface area contributed by atoms with E-state index in [1.54, 1.807) is 0 Å². The van der Waals surface area contributed by atoms with E-state index in [4.69, 9.17) is 0 Å². The van der Waals surface area contributed by atoms with Gasteiger partial charge in [-0.25, -0.2) is 0 Å². The first-order valence-electron chi connectivity index (χ1n) is 9.22. The van der Waals surface area contributed by atoms with Crippen molar-refractivity contribution in [2.75, 3.05) is 13.1 Å². The van der Waals surface area contributed by atoms with Crippen LogP contribution < -0.4 is 0 Å². The van der Waals surface area contributed by atoms with E-state index in [2.05, 4.69) is 33.5 Å². The maximum absolute atomic E-state index is 12.6. The van der Waals surface area contributed by atoms with Gasteiger partial charge in [-0.1, -0.05) is 13.8 Å². The van der Waals surface area contributed by atoms with Gasteiger partial charge in [0, 0.05) is 31.5 Å². The number of hydrogen-bond acceptors (Lipinski definition) is 3. The molecule has 1 aliphatic heterocycles. The molecular formula is C18H28N4O. The van der Waals surface area contributed by atoms with Crippen LogP contribution in [0.3, 0.4) is 0 Å². The molecule has 0 radical (unpaired) electrons. The average molecular weight is 316 g/mol. The molecule has 1 aromatic rings. The van der Waals surface area contributed by atoms with Crippen LogP contribution in [-0.4, -0.2) is 38.7 Å². The molecule has 4 rings (SSSR count). The third kappa shape index (κ3) is 3.15. The van der Waals surface area contributed by atoms with E-state index in [9.17, 15) is 4.79 Å². The van der Waals surface area contributed by atoms with E-state index >= 15 is 0 Å². The maximum atomic E-state index is 12.6. The standard InChI is InChI=1S/C18H28N4O/c1-18(2,14-3-4-14)11-16(23)21-9-7-13(8-10-21)17-20-19-12-22(17)15-5-6-15/h12-15H,3-11H2,1-2H3. The predicted molar refractivity (Wildman–Crippen MR) is 88.0 cm³/mol. The largest absolute Gasteiger partial charge is 0.343 e. The van der Waals surface area contributed by atoms with Gasteiger partial charge in [0.1, 0.15) is 12.2 Å². The van der Waals surface area contributed by atoms with Gasteiger partial charge in [-0.15, -0.1) is 10.2 Å². The van der Waals surface area contributed by atoms with Crippen molar-refractivity contribution < 1.29 is 4.79 Å². The van der Waals surface area contributed by atoms with Crippen molar-refractivity contribution in [2.24, 2.45) is 11.3 Å². The van der Waals surface area contributed by atoms with Gasteiger partial charge >= 0.3 is 0 Å². The highest BCUT2D eigenvalue weighted by atomic mass is 16.2. The number of carbonyl (C=O) groups excluding carboxylic acids is 1. The van der Waals surface area contributed by atoms with Crippen molar-refractivity contribution in [3.8, 4) is 0 Å². The molecule has 1 amide bonds. The predicted octanol–water partition coefficient (Wildman–Crippen LogP) is 3.15. The fourth-order valence-electron chi connectivity index (χ4n) is 4.08. The average Bonchev–Trinajstić information content (AvgIpc) is 3.44. The highest BCUT2D eigenvalue weighted by Gasteiger charge is 2.40. The molecule has 0 bridgehead atoms. The molecule has 5 nitrogen and oxygen atoms in total.